The summed E-state index contributed by atoms with van der Waals surface area (Å²) in [6, 6.07) is 8.51. The Hall–Kier alpha value is -1.98. The van der Waals surface area contributed by atoms with Crippen LogP contribution in [-0.4, -0.2) is 49.6 Å². The molecule has 1 saturated carbocycles. The van der Waals surface area contributed by atoms with Crippen molar-refractivity contribution in [2.24, 2.45) is 16.8 Å². The molecule has 3 heterocycles. The quantitative estimate of drug-likeness (QED) is 0.607. The lowest BCUT2D eigenvalue weighted by Gasteiger charge is -2.61. The number of piperidine rings is 2. The van der Waals surface area contributed by atoms with Crippen molar-refractivity contribution in [3.05, 3.63) is 41.5 Å². The zero-order valence-corrected chi connectivity index (χ0v) is 15.4. The molecule has 0 N–H and O–H groups in total. The van der Waals surface area contributed by atoms with Gasteiger partial charge in [0, 0.05) is 25.8 Å². The first-order valence-electron chi connectivity index (χ1n) is 9.35. The minimum atomic E-state index is -0.414. The Kier molecular flexibility index (Phi) is 3.43. The fourth-order valence-electron chi connectivity index (χ4n) is 6.00. The number of rotatable bonds is 2. The van der Waals surface area contributed by atoms with Crippen LogP contribution in [0.25, 0.3) is 0 Å². The predicted octanol–water partition coefficient (Wildman–Crippen LogP) is 2.83. The van der Waals surface area contributed by atoms with E-state index in [0.717, 1.165) is 30.8 Å². The second-order valence-corrected chi connectivity index (χ2v) is 7.77. The molecule has 4 aliphatic rings. The first-order valence-corrected chi connectivity index (χ1v) is 9.35. The largest absolute Gasteiger partial charge is 0.469 e. The van der Waals surface area contributed by atoms with E-state index in [9.17, 15) is 4.79 Å². The molecule has 5 atom stereocenters. The molecule has 2 saturated heterocycles. The van der Waals surface area contributed by atoms with E-state index >= 15 is 0 Å². The molecule has 0 aromatic heterocycles. The van der Waals surface area contributed by atoms with E-state index in [4.69, 9.17) is 14.5 Å². The maximum absolute atomic E-state index is 13.1. The molecule has 1 aromatic rings. The van der Waals surface area contributed by atoms with Crippen molar-refractivity contribution in [2.75, 3.05) is 20.8 Å². The van der Waals surface area contributed by atoms with Gasteiger partial charge in [-0.2, -0.15) is 0 Å². The van der Waals surface area contributed by atoms with Gasteiger partial charge in [-0.3, -0.25) is 14.7 Å². The van der Waals surface area contributed by atoms with Crippen LogP contribution < -0.4 is 0 Å². The molecular formula is C21H24N2O3. The Labute approximate surface area is 153 Å². The molecule has 0 amide bonds. The van der Waals surface area contributed by atoms with Crippen LogP contribution in [-0.2, 0) is 19.7 Å². The van der Waals surface area contributed by atoms with E-state index < -0.39 is 5.41 Å². The van der Waals surface area contributed by atoms with E-state index in [-0.39, 0.29) is 30.1 Å². The van der Waals surface area contributed by atoms with Crippen molar-refractivity contribution in [1.29, 1.82) is 0 Å². The summed E-state index contributed by atoms with van der Waals surface area (Å²) < 4.78 is 11.3. The maximum Gasteiger partial charge on any atom is 0.310 e. The molecular weight excluding hydrogens is 328 g/mol. The molecule has 0 spiro atoms. The first-order chi connectivity index (χ1) is 12.7. The second kappa shape index (κ2) is 5.51. The number of nitrogens with zero attached hydrogens (tertiary/aromatic N) is 2. The minimum absolute atomic E-state index is 0.0199. The van der Waals surface area contributed by atoms with Crippen molar-refractivity contribution in [3.63, 3.8) is 0 Å². The molecule has 3 fully saturated rings. The number of allylic oxidation sites excluding steroid dienone is 1. The maximum atomic E-state index is 13.1. The number of aliphatic imine (C=N–C) groups is 1. The van der Waals surface area contributed by atoms with Crippen LogP contribution >= 0.6 is 0 Å². The van der Waals surface area contributed by atoms with Crippen molar-refractivity contribution in [1.82, 2.24) is 4.90 Å². The molecule has 5 heteroatoms. The van der Waals surface area contributed by atoms with Crippen LogP contribution in [0.4, 0.5) is 5.69 Å². The lowest BCUT2D eigenvalue weighted by molar-refractivity contribution is -0.158. The highest BCUT2D eigenvalue weighted by Crippen LogP contribution is 2.61. The van der Waals surface area contributed by atoms with Crippen LogP contribution in [0.2, 0.25) is 0 Å². The number of fused-ring (bicyclic) bond motifs is 2. The SMILES string of the molecule is C/C=C1/CN2[C@@H](OC)C[C@]34C(=Nc5ccccc53)[C@@H]2C[C@@H]1[C@H]4C(=O)OC. The van der Waals surface area contributed by atoms with E-state index in [1.54, 1.807) is 7.11 Å². The highest BCUT2D eigenvalue weighted by atomic mass is 16.5. The third kappa shape index (κ3) is 1.78. The Bertz CT molecular complexity index is 845. The average Bonchev–Trinajstić information content (AvgIpc) is 3.02. The lowest BCUT2D eigenvalue weighted by atomic mass is 9.50. The third-order valence-electron chi connectivity index (χ3n) is 7.01. The van der Waals surface area contributed by atoms with E-state index in [1.165, 1.54) is 18.2 Å². The number of carbonyl (C=O) groups excluding carboxylic acids is 1. The van der Waals surface area contributed by atoms with E-state index in [2.05, 4.69) is 36.1 Å². The Morgan fingerprint density at radius 2 is 2.15 bits per heavy atom. The zero-order valence-electron chi connectivity index (χ0n) is 15.4. The van der Waals surface area contributed by atoms with Gasteiger partial charge in [-0.1, -0.05) is 29.8 Å². The fourth-order valence-corrected chi connectivity index (χ4v) is 6.00. The smallest absolute Gasteiger partial charge is 0.310 e. The number of hydrogen-bond acceptors (Lipinski definition) is 5. The summed E-state index contributed by atoms with van der Waals surface area (Å²) in [7, 11) is 3.28. The standard InChI is InChI=1S/C21H24N2O3/c1-4-12-11-23-16-9-13(12)18(20(24)26-3)21(10-17(23)25-2)14-7-5-6-8-15(14)22-19(16)21/h4-8,13,16-18H,9-11H2,1-3H3/b12-4-/t13-,16-,17-,18-,21-/m0/s1. The van der Waals surface area contributed by atoms with Gasteiger partial charge in [0.15, 0.2) is 0 Å². The average molecular weight is 352 g/mol. The highest BCUT2D eigenvalue weighted by Gasteiger charge is 2.67. The molecule has 1 aliphatic carbocycles. The predicted molar refractivity (Wildman–Crippen MR) is 98.5 cm³/mol. The van der Waals surface area contributed by atoms with Crippen molar-refractivity contribution in [2.45, 2.75) is 37.5 Å². The van der Waals surface area contributed by atoms with Gasteiger partial charge in [-0.15, -0.1) is 0 Å². The van der Waals surface area contributed by atoms with Crippen molar-refractivity contribution < 1.29 is 14.3 Å². The lowest BCUT2D eigenvalue weighted by Crippen LogP contribution is -2.71. The van der Waals surface area contributed by atoms with Gasteiger partial charge in [0.25, 0.3) is 0 Å². The number of carbonyl (C=O) groups is 1. The molecule has 0 unspecified atom stereocenters. The number of ether oxygens (including phenoxy) is 2. The zero-order chi connectivity index (χ0) is 18.1. The summed E-state index contributed by atoms with van der Waals surface area (Å²) >= 11 is 0. The van der Waals surface area contributed by atoms with Gasteiger partial charge < -0.3 is 9.47 Å². The van der Waals surface area contributed by atoms with Gasteiger partial charge in [-0.05, 0) is 30.9 Å². The highest BCUT2D eigenvalue weighted by molar-refractivity contribution is 6.09. The van der Waals surface area contributed by atoms with E-state index in [0.29, 0.717) is 0 Å². The number of methoxy groups -OCH3 is 2. The van der Waals surface area contributed by atoms with Crippen molar-refractivity contribution >= 4 is 17.4 Å². The van der Waals surface area contributed by atoms with Gasteiger partial charge in [0.2, 0.25) is 0 Å². The van der Waals surface area contributed by atoms with Gasteiger partial charge in [0.05, 0.1) is 30.2 Å². The molecule has 5 nitrogen and oxygen atoms in total. The molecule has 1 aromatic carbocycles. The molecule has 136 valence electrons. The van der Waals surface area contributed by atoms with Crippen LogP contribution in [0.5, 0.6) is 0 Å². The fraction of sp³-hybridized carbons (Fsp3) is 0.524. The van der Waals surface area contributed by atoms with E-state index in [1.807, 2.05) is 6.07 Å². The van der Waals surface area contributed by atoms with Gasteiger partial charge in [0.1, 0.15) is 6.23 Å². The number of benzene rings is 1. The van der Waals surface area contributed by atoms with Crippen LogP contribution in [0.15, 0.2) is 40.9 Å². The summed E-state index contributed by atoms with van der Waals surface area (Å²) in [4.78, 5) is 20.6. The summed E-state index contributed by atoms with van der Waals surface area (Å²) in [5, 5.41) is 0. The molecule has 3 bridgehead atoms. The monoisotopic (exact) mass is 352 g/mol. The molecule has 0 radical (unpaired) electrons. The molecule has 26 heavy (non-hydrogen) atoms. The van der Waals surface area contributed by atoms with Crippen molar-refractivity contribution in [3.8, 4) is 0 Å². The Balaban J connectivity index is 1.80. The normalized spacial score (nSPS) is 38.7. The third-order valence-corrected chi connectivity index (χ3v) is 7.01. The summed E-state index contributed by atoms with van der Waals surface area (Å²) in [6.45, 7) is 2.91. The van der Waals surface area contributed by atoms with Crippen LogP contribution in [0.3, 0.4) is 0 Å². The number of para-hydroxylation sites is 1. The van der Waals surface area contributed by atoms with Gasteiger partial charge in [-0.25, -0.2) is 0 Å². The number of hydrogen-bond donors (Lipinski definition) is 0. The second-order valence-electron chi connectivity index (χ2n) is 7.77. The Morgan fingerprint density at radius 3 is 2.88 bits per heavy atom. The minimum Gasteiger partial charge on any atom is -0.469 e. The summed E-state index contributed by atoms with van der Waals surface area (Å²) in [5.41, 5.74) is 4.22. The van der Waals surface area contributed by atoms with Crippen LogP contribution in [0, 0.1) is 11.8 Å². The summed E-state index contributed by atoms with van der Waals surface area (Å²) in [6.07, 6.45) is 3.82. The number of esters is 1. The topological polar surface area (TPSA) is 51.1 Å². The summed E-state index contributed by atoms with van der Waals surface area (Å²) in [5.74, 6) is -0.156. The van der Waals surface area contributed by atoms with Gasteiger partial charge >= 0.3 is 5.97 Å². The molecule has 5 rings (SSSR count). The molecule has 3 aliphatic heterocycles. The Morgan fingerprint density at radius 1 is 1.35 bits per heavy atom. The van der Waals surface area contributed by atoms with Crippen LogP contribution in [0.1, 0.15) is 25.3 Å². The first kappa shape index (κ1) is 16.2.